The fraction of sp³-hybridized carbons (Fsp3) is 0.429. The Labute approximate surface area is 218 Å². The van der Waals surface area contributed by atoms with Crippen LogP contribution in [0.3, 0.4) is 0 Å². The molecule has 9 heteroatoms. The van der Waals surface area contributed by atoms with Gasteiger partial charge in [0.25, 0.3) is 0 Å². The molecule has 1 aliphatic carbocycles. The summed E-state index contributed by atoms with van der Waals surface area (Å²) in [5.74, 6) is 0.329. The topological polar surface area (TPSA) is 136 Å². The van der Waals surface area contributed by atoms with E-state index in [4.69, 9.17) is 16.2 Å². The zero-order chi connectivity index (χ0) is 26.2. The van der Waals surface area contributed by atoms with E-state index < -0.39 is 0 Å². The molecule has 0 saturated heterocycles. The predicted octanol–water partition coefficient (Wildman–Crippen LogP) is 3.89. The first-order valence-corrected chi connectivity index (χ1v) is 13.0. The zero-order valence-corrected chi connectivity index (χ0v) is 21.4. The highest BCUT2D eigenvalue weighted by molar-refractivity contribution is 6.05. The summed E-state index contributed by atoms with van der Waals surface area (Å²) in [7, 11) is 0. The van der Waals surface area contributed by atoms with Crippen molar-refractivity contribution in [3.05, 3.63) is 53.4 Å². The third kappa shape index (κ3) is 6.95. The van der Waals surface area contributed by atoms with E-state index in [0.717, 1.165) is 47.9 Å². The molecule has 196 valence electrons. The number of benzene rings is 1. The number of fused-ring (bicyclic) bond motifs is 1. The highest BCUT2D eigenvalue weighted by Crippen LogP contribution is 2.32. The molecule has 1 fully saturated rings. The molecule has 2 aliphatic rings. The Morgan fingerprint density at radius 3 is 2.73 bits per heavy atom. The fourth-order valence-electron chi connectivity index (χ4n) is 4.39. The second kappa shape index (κ2) is 12.5. The molecule has 4 rings (SSSR count). The minimum Gasteiger partial charge on any atom is -0.446 e. The van der Waals surface area contributed by atoms with E-state index >= 15 is 0 Å². The van der Waals surface area contributed by atoms with Crippen LogP contribution in [0.25, 0.3) is 17.2 Å². The largest absolute Gasteiger partial charge is 0.446 e. The second-order valence-electron chi connectivity index (χ2n) is 9.54. The number of aliphatic imine (C=N–C) groups is 1. The second-order valence-corrected chi connectivity index (χ2v) is 9.54. The van der Waals surface area contributed by atoms with Crippen molar-refractivity contribution < 1.29 is 14.3 Å². The van der Waals surface area contributed by atoms with Crippen LogP contribution in [-0.2, 0) is 16.1 Å². The lowest BCUT2D eigenvalue weighted by atomic mass is 9.96. The Bertz CT molecular complexity index is 1190. The van der Waals surface area contributed by atoms with Gasteiger partial charge in [0.15, 0.2) is 0 Å². The summed E-state index contributed by atoms with van der Waals surface area (Å²) >= 11 is 0. The number of aromatic nitrogens is 1. The standard InChI is InChI=1S/C28H36N6O3/c1-2-10-34(11-4-9-32-28(36)37-24-5-3-6-24)27(35)22-13-21-8-7-20(14-25(21)33-26(30)15-22)23-12-19(16-29)17-31-18-23/h7-8,12-14,17-18,24H,2-6,9-11,15-16,29H2,1H3,(H2,30,33)(H,32,36). The zero-order valence-electron chi connectivity index (χ0n) is 21.4. The van der Waals surface area contributed by atoms with Crippen molar-refractivity contribution in [2.45, 2.75) is 58.1 Å². The molecule has 1 aromatic carbocycles. The smallest absolute Gasteiger partial charge is 0.407 e. The number of amidine groups is 1. The number of carbonyl (C=O) groups excluding carboxylic acids is 2. The predicted molar refractivity (Wildman–Crippen MR) is 145 cm³/mol. The maximum Gasteiger partial charge on any atom is 0.407 e. The summed E-state index contributed by atoms with van der Waals surface area (Å²) in [6.45, 7) is 4.06. The van der Waals surface area contributed by atoms with Crippen molar-refractivity contribution in [3.8, 4) is 11.1 Å². The summed E-state index contributed by atoms with van der Waals surface area (Å²) in [5.41, 5.74) is 17.0. The fourth-order valence-corrected chi connectivity index (χ4v) is 4.39. The third-order valence-electron chi connectivity index (χ3n) is 6.62. The summed E-state index contributed by atoms with van der Waals surface area (Å²) < 4.78 is 5.31. The number of rotatable bonds is 10. The first-order chi connectivity index (χ1) is 18.0. The van der Waals surface area contributed by atoms with Gasteiger partial charge < -0.3 is 26.4 Å². The third-order valence-corrected chi connectivity index (χ3v) is 6.62. The van der Waals surface area contributed by atoms with Crippen LogP contribution in [0.2, 0.25) is 0 Å². The van der Waals surface area contributed by atoms with E-state index in [9.17, 15) is 9.59 Å². The highest BCUT2D eigenvalue weighted by Gasteiger charge is 2.23. The molecule has 2 heterocycles. The molecule has 5 N–H and O–H groups in total. The molecule has 1 saturated carbocycles. The minimum absolute atomic E-state index is 0.0548. The van der Waals surface area contributed by atoms with Gasteiger partial charge in [-0.2, -0.15) is 0 Å². The number of carbonyl (C=O) groups is 2. The van der Waals surface area contributed by atoms with Gasteiger partial charge in [-0.25, -0.2) is 9.79 Å². The Balaban J connectivity index is 1.44. The molecule has 0 unspecified atom stereocenters. The van der Waals surface area contributed by atoms with Crippen molar-refractivity contribution in [1.82, 2.24) is 15.2 Å². The van der Waals surface area contributed by atoms with Gasteiger partial charge in [-0.1, -0.05) is 19.1 Å². The molecule has 2 amide bonds. The normalized spacial score (nSPS) is 15.0. The Kier molecular flexibility index (Phi) is 8.90. The number of ether oxygens (including phenoxy) is 1. The van der Waals surface area contributed by atoms with Crippen molar-refractivity contribution in [2.24, 2.45) is 16.5 Å². The molecular weight excluding hydrogens is 468 g/mol. The number of nitrogens with two attached hydrogens (primary N) is 2. The molecule has 9 nitrogen and oxygen atoms in total. The van der Waals surface area contributed by atoms with Crippen LogP contribution in [0, 0.1) is 0 Å². The van der Waals surface area contributed by atoms with Gasteiger partial charge in [-0.05, 0) is 61.4 Å². The molecule has 0 atom stereocenters. The van der Waals surface area contributed by atoms with Crippen LogP contribution in [-0.4, -0.2) is 53.5 Å². The van der Waals surface area contributed by atoms with Crippen molar-refractivity contribution >= 4 is 29.6 Å². The van der Waals surface area contributed by atoms with E-state index in [1.54, 1.807) is 12.4 Å². The van der Waals surface area contributed by atoms with Gasteiger partial charge >= 0.3 is 6.09 Å². The molecule has 1 aliphatic heterocycles. The summed E-state index contributed by atoms with van der Waals surface area (Å²) in [6.07, 6.45) is 9.84. The molecular formula is C28H36N6O3. The summed E-state index contributed by atoms with van der Waals surface area (Å²) in [6, 6.07) is 7.91. The van der Waals surface area contributed by atoms with Gasteiger partial charge in [0.2, 0.25) is 5.91 Å². The average Bonchev–Trinajstić information content (AvgIpc) is 3.05. The quantitative estimate of drug-likeness (QED) is 0.420. The van der Waals surface area contributed by atoms with Crippen molar-refractivity contribution in [1.29, 1.82) is 0 Å². The van der Waals surface area contributed by atoms with Crippen LogP contribution >= 0.6 is 0 Å². The van der Waals surface area contributed by atoms with Crippen LogP contribution in [0.4, 0.5) is 10.5 Å². The number of hydrogen-bond donors (Lipinski definition) is 3. The molecule has 37 heavy (non-hydrogen) atoms. The van der Waals surface area contributed by atoms with E-state index in [1.807, 2.05) is 42.2 Å². The monoisotopic (exact) mass is 504 g/mol. The Morgan fingerprint density at radius 1 is 1.16 bits per heavy atom. The lowest BCUT2D eigenvalue weighted by molar-refractivity contribution is -0.127. The van der Waals surface area contributed by atoms with Crippen LogP contribution < -0.4 is 16.8 Å². The van der Waals surface area contributed by atoms with Crippen LogP contribution in [0.15, 0.2) is 47.2 Å². The molecule has 0 radical (unpaired) electrons. The van der Waals surface area contributed by atoms with E-state index in [-0.39, 0.29) is 24.5 Å². The molecule has 2 aromatic rings. The van der Waals surface area contributed by atoms with Gasteiger partial charge in [0.05, 0.1) is 5.69 Å². The molecule has 0 spiro atoms. The lowest BCUT2D eigenvalue weighted by Crippen LogP contribution is -2.37. The van der Waals surface area contributed by atoms with E-state index in [1.165, 1.54) is 0 Å². The highest BCUT2D eigenvalue weighted by atomic mass is 16.6. The maximum atomic E-state index is 13.5. The van der Waals surface area contributed by atoms with Crippen molar-refractivity contribution in [2.75, 3.05) is 19.6 Å². The van der Waals surface area contributed by atoms with Gasteiger partial charge in [-0.15, -0.1) is 0 Å². The van der Waals surface area contributed by atoms with Crippen LogP contribution in [0.5, 0.6) is 0 Å². The number of hydrogen-bond acceptors (Lipinski definition) is 7. The molecule has 1 aromatic heterocycles. The van der Waals surface area contributed by atoms with E-state index in [0.29, 0.717) is 49.7 Å². The SMILES string of the molecule is CCCN(CCCNC(=O)OC1CCC1)C(=O)C1=Cc2ccc(-c3cncc(CN)c3)cc2N=C(N)C1. The first kappa shape index (κ1) is 26.3. The van der Waals surface area contributed by atoms with Gasteiger partial charge in [-0.3, -0.25) is 9.78 Å². The van der Waals surface area contributed by atoms with E-state index in [2.05, 4.69) is 15.3 Å². The van der Waals surface area contributed by atoms with Crippen LogP contribution in [0.1, 0.15) is 56.6 Å². The van der Waals surface area contributed by atoms with Gasteiger partial charge in [0.1, 0.15) is 11.9 Å². The minimum atomic E-state index is -0.380. The van der Waals surface area contributed by atoms with Crippen molar-refractivity contribution in [3.63, 3.8) is 0 Å². The lowest BCUT2D eigenvalue weighted by Gasteiger charge is -2.25. The summed E-state index contributed by atoms with van der Waals surface area (Å²) in [5, 5.41) is 2.79. The average molecular weight is 505 g/mol. The number of nitrogens with zero attached hydrogens (tertiary/aromatic N) is 3. The number of amides is 2. The Morgan fingerprint density at radius 2 is 2.00 bits per heavy atom. The number of nitrogens with one attached hydrogen (secondary N) is 1. The maximum absolute atomic E-state index is 13.5. The van der Waals surface area contributed by atoms with Gasteiger partial charge in [0, 0.05) is 61.7 Å². The first-order valence-electron chi connectivity index (χ1n) is 13.0. The molecule has 0 bridgehead atoms. The number of pyridine rings is 1. The summed E-state index contributed by atoms with van der Waals surface area (Å²) in [4.78, 5) is 36.1. The number of alkyl carbamates (subject to hydrolysis) is 1. The Hall–Kier alpha value is -3.72.